The second kappa shape index (κ2) is 7.85. The second-order valence-corrected chi connectivity index (χ2v) is 3.15. The Morgan fingerprint density at radius 1 is 1.00 bits per heavy atom. The van der Waals surface area contributed by atoms with Crippen molar-refractivity contribution >= 4 is 6.47 Å². The first-order chi connectivity index (χ1) is 7.43. The molecule has 0 bridgehead atoms. The number of hydrogen-bond donors (Lipinski definition) is 0. The Morgan fingerprint density at radius 3 is 2.47 bits per heavy atom. The molecule has 1 radical (unpaired) electrons. The standard InChI is InChI=1S/C12H15O3/c13-11-14-9-5-2-6-10-15-12-7-3-1-4-8-12/h1,3-4,7-8H,2,5-6,9-10H2. The van der Waals surface area contributed by atoms with E-state index >= 15 is 0 Å². The monoisotopic (exact) mass is 207 g/mol. The highest BCUT2D eigenvalue weighted by atomic mass is 16.5. The van der Waals surface area contributed by atoms with Gasteiger partial charge in [-0.25, -0.2) is 4.79 Å². The van der Waals surface area contributed by atoms with Gasteiger partial charge in [-0.2, -0.15) is 0 Å². The summed E-state index contributed by atoms with van der Waals surface area (Å²) in [6.07, 6.45) is 2.83. The van der Waals surface area contributed by atoms with E-state index in [1.807, 2.05) is 30.3 Å². The normalized spacial score (nSPS) is 9.60. The van der Waals surface area contributed by atoms with Gasteiger partial charge in [-0.3, -0.25) is 0 Å². The number of benzene rings is 1. The Kier molecular flexibility index (Phi) is 6.05. The van der Waals surface area contributed by atoms with Crippen LogP contribution in [0.4, 0.5) is 0 Å². The first-order valence-corrected chi connectivity index (χ1v) is 5.10. The first-order valence-electron chi connectivity index (χ1n) is 5.10. The lowest BCUT2D eigenvalue weighted by atomic mass is 10.2. The highest BCUT2D eigenvalue weighted by Crippen LogP contribution is 2.09. The lowest BCUT2D eigenvalue weighted by Crippen LogP contribution is -1.98. The Hall–Kier alpha value is -1.51. The summed E-state index contributed by atoms with van der Waals surface area (Å²) < 4.78 is 9.95. The van der Waals surface area contributed by atoms with E-state index in [2.05, 4.69) is 4.74 Å². The maximum atomic E-state index is 9.71. The first kappa shape index (κ1) is 11.6. The molecule has 0 aromatic heterocycles. The summed E-state index contributed by atoms with van der Waals surface area (Å²) in [6.45, 7) is 2.56. The van der Waals surface area contributed by atoms with Crippen molar-refractivity contribution in [2.75, 3.05) is 13.2 Å². The van der Waals surface area contributed by atoms with Gasteiger partial charge < -0.3 is 9.47 Å². The van der Waals surface area contributed by atoms with Gasteiger partial charge in [0.25, 0.3) is 0 Å². The van der Waals surface area contributed by atoms with E-state index < -0.39 is 0 Å². The molecular weight excluding hydrogens is 192 g/mol. The number of rotatable bonds is 8. The van der Waals surface area contributed by atoms with Crippen molar-refractivity contribution in [2.45, 2.75) is 19.3 Å². The lowest BCUT2D eigenvalue weighted by Gasteiger charge is -2.04. The fourth-order valence-corrected chi connectivity index (χ4v) is 1.20. The highest BCUT2D eigenvalue weighted by molar-refractivity contribution is 5.37. The number of ether oxygens (including phenoxy) is 2. The third-order valence-corrected chi connectivity index (χ3v) is 1.96. The molecule has 15 heavy (non-hydrogen) atoms. The summed E-state index contributed by atoms with van der Waals surface area (Å²) in [5.74, 6) is 0.898. The molecule has 1 aromatic carbocycles. The summed E-state index contributed by atoms with van der Waals surface area (Å²) in [6, 6.07) is 9.72. The van der Waals surface area contributed by atoms with Crippen LogP contribution in [0.5, 0.6) is 5.75 Å². The third kappa shape index (κ3) is 5.73. The van der Waals surface area contributed by atoms with Gasteiger partial charge in [-0.05, 0) is 31.4 Å². The predicted molar refractivity (Wildman–Crippen MR) is 57.4 cm³/mol. The molecule has 0 heterocycles. The van der Waals surface area contributed by atoms with E-state index in [1.165, 1.54) is 6.47 Å². The van der Waals surface area contributed by atoms with Crippen LogP contribution in [0.2, 0.25) is 0 Å². The van der Waals surface area contributed by atoms with E-state index in [-0.39, 0.29) is 0 Å². The van der Waals surface area contributed by atoms with Crippen molar-refractivity contribution in [3.8, 4) is 5.75 Å². The van der Waals surface area contributed by atoms with E-state index in [4.69, 9.17) is 4.74 Å². The molecule has 0 aliphatic heterocycles. The van der Waals surface area contributed by atoms with Gasteiger partial charge in [0, 0.05) is 0 Å². The zero-order valence-corrected chi connectivity index (χ0v) is 8.65. The molecule has 3 nitrogen and oxygen atoms in total. The zero-order chi connectivity index (χ0) is 10.8. The van der Waals surface area contributed by atoms with Crippen LogP contribution in [0.15, 0.2) is 30.3 Å². The predicted octanol–water partition coefficient (Wildman–Crippen LogP) is 2.32. The minimum Gasteiger partial charge on any atom is -0.494 e. The minimum atomic E-state index is 0.453. The van der Waals surface area contributed by atoms with Crippen molar-refractivity contribution in [3.63, 3.8) is 0 Å². The Balaban J connectivity index is 1.95. The molecule has 3 heteroatoms. The molecule has 0 amide bonds. The summed E-state index contributed by atoms with van der Waals surface area (Å²) >= 11 is 0. The minimum absolute atomic E-state index is 0.453. The van der Waals surface area contributed by atoms with E-state index in [0.29, 0.717) is 13.2 Å². The highest BCUT2D eigenvalue weighted by Gasteiger charge is 1.92. The van der Waals surface area contributed by atoms with Crippen LogP contribution < -0.4 is 4.74 Å². The molecule has 0 atom stereocenters. The summed E-state index contributed by atoms with van der Waals surface area (Å²) in [4.78, 5) is 9.71. The Bertz CT molecular complexity index is 259. The molecule has 0 aliphatic carbocycles. The van der Waals surface area contributed by atoms with Crippen molar-refractivity contribution < 1.29 is 14.3 Å². The van der Waals surface area contributed by atoms with Crippen LogP contribution in [0, 0.1) is 0 Å². The molecule has 0 saturated carbocycles. The average molecular weight is 207 g/mol. The zero-order valence-electron chi connectivity index (χ0n) is 8.65. The smallest absolute Gasteiger partial charge is 0.417 e. The molecule has 0 aliphatic rings. The van der Waals surface area contributed by atoms with Crippen LogP contribution in [-0.2, 0) is 9.53 Å². The van der Waals surface area contributed by atoms with Gasteiger partial charge in [-0.1, -0.05) is 18.2 Å². The fourth-order valence-electron chi connectivity index (χ4n) is 1.20. The Morgan fingerprint density at radius 2 is 1.73 bits per heavy atom. The van der Waals surface area contributed by atoms with Crippen molar-refractivity contribution in [3.05, 3.63) is 30.3 Å². The third-order valence-electron chi connectivity index (χ3n) is 1.96. The maximum absolute atomic E-state index is 9.71. The van der Waals surface area contributed by atoms with Gasteiger partial charge >= 0.3 is 6.47 Å². The summed E-state index contributed by atoms with van der Waals surface area (Å²) in [5, 5.41) is 0. The van der Waals surface area contributed by atoms with Gasteiger partial charge in [-0.15, -0.1) is 0 Å². The van der Waals surface area contributed by atoms with Crippen LogP contribution in [0.1, 0.15) is 19.3 Å². The number of carbonyl (C=O) groups excluding carboxylic acids is 1. The van der Waals surface area contributed by atoms with Gasteiger partial charge in [0.15, 0.2) is 0 Å². The molecule has 81 valence electrons. The van der Waals surface area contributed by atoms with Gasteiger partial charge in [0.1, 0.15) is 5.75 Å². The summed E-state index contributed by atoms with van der Waals surface area (Å²) in [7, 11) is 0. The van der Waals surface area contributed by atoms with Gasteiger partial charge in [0.05, 0.1) is 13.2 Å². The largest absolute Gasteiger partial charge is 0.494 e. The molecule has 0 fully saturated rings. The SMILES string of the molecule is O=[C]OCCCCCOc1ccccc1. The number of para-hydroxylation sites is 1. The van der Waals surface area contributed by atoms with Gasteiger partial charge in [0.2, 0.25) is 0 Å². The molecule has 0 N–H and O–H groups in total. The molecule has 1 aromatic rings. The quantitative estimate of drug-likeness (QED) is 0.614. The maximum Gasteiger partial charge on any atom is 0.417 e. The summed E-state index contributed by atoms with van der Waals surface area (Å²) in [5.41, 5.74) is 0. The molecule has 0 spiro atoms. The lowest BCUT2D eigenvalue weighted by molar-refractivity contribution is 0.258. The van der Waals surface area contributed by atoms with Crippen LogP contribution in [-0.4, -0.2) is 19.7 Å². The van der Waals surface area contributed by atoms with E-state index in [1.54, 1.807) is 0 Å². The van der Waals surface area contributed by atoms with Crippen molar-refractivity contribution in [1.82, 2.24) is 0 Å². The van der Waals surface area contributed by atoms with E-state index in [0.717, 1.165) is 25.0 Å². The topological polar surface area (TPSA) is 35.5 Å². The number of unbranched alkanes of at least 4 members (excludes halogenated alkanes) is 2. The molecule has 0 unspecified atom stereocenters. The van der Waals surface area contributed by atoms with Crippen molar-refractivity contribution in [1.29, 1.82) is 0 Å². The van der Waals surface area contributed by atoms with Crippen molar-refractivity contribution in [2.24, 2.45) is 0 Å². The van der Waals surface area contributed by atoms with Crippen LogP contribution >= 0.6 is 0 Å². The van der Waals surface area contributed by atoms with Crippen LogP contribution in [0.25, 0.3) is 0 Å². The molecule has 1 rings (SSSR count). The fraction of sp³-hybridized carbons (Fsp3) is 0.417. The molecular formula is C12H15O3. The number of hydrogen-bond acceptors (Lipinski definition) is 3. The molecule has 0 saturated heterocycles. The Labute approximate surface area is 90.0 Å². The van der Waals surface area contributed by atoms with Crippen LogP contribution in [0.3, 0.4) is 0 Å². The second-order valence-electron chi connectivity index (χ2n) is 3.15. The van der Waals surface area contributed by atoms with E-state index in [9.17, 15) is 4.79 Å². The average Bonchev–Trinajstić information content (AvgIpc) is 2.29.